The van der Waals surface area contributed by atoms with Gasteiger partial charge >= 0.3 is 0 Å². The number of methoxy groups -OCH3 is 1. The average molecular weight is 357 g/mol. The molecule has 1 aromatic carbocycles. The highest BCUT2D eigenvalue weighted by molar-refractivity contribution is 6.07. The molecule has 1 fully saturated rings. The van der Waals surface area contributed by atoms with Crippen molar-refractivity contribution < 1.29 is 18.8 Å². The fourth-order valence-electron chi connectivity index (χ4n) is 2.89. The molecule has 0 bridgehead atoms. The van der Waals surface area contributed by atoms with E-state index in [4.69, 9.17) is 9.26 Å². The van der Waals surface area contributed by atoms with Gasteiger partial charge in [-0.1, -0.05) is 25.9 Å². The number of hydrogen-bond acceptors (Lipinski definition) is 5. The van der Waals surface area contributed by atoms with Crippen LogP contribution in [0.5, 0.6) is 5.75 Å². The number of carbonyl (C=O) groups is 2. The van der Waals surface area contributed by atoms with E-state index in [1.54, 1.807) is 37.4 Å². The standard InChI is InChI=1S/C19H23N3O4/c1-19(2,3)15-11-16(26-21-15)20-18(24)14-9-10-17(23)22(14)12-5-7-13(25-4)8-6-12/h5-8,11,14H,9-10H2,1-4H3,(H,20,24)/t14-/m0/s1. The second-order valence-electron chi connectivity index (χ2n) is 7.33. The van der Waals surface area contributed by atoms with Gasteiger partial charge < -0.3 is 9.26 Å². The lowest BCUT2D eigenvalue weighted by molar-refractivity contribution is -0.120. The zero-order valence-corrected chi connectivity index (χ0v) is 15.4. The molecule has 2 amide bonds. The molecule has 1 saturated heterocycles. The Morgan fingerprint density at radius 3 is 2.58 bits per heavy atom. The third-order valence-electron chi connectivity index (χ3n) is 4.39. The van der Waals surface area contributed by atoms with Gasteiger partial charge in [-0.3, -0.25) is 19.8 Å². The molecule has 7 heteroatoms. The zero-order valence-electron chi connectivity index (χ0n) is 15.4. The number of anilines is 2. The predicted molar refractivity (Wildman–Crippen MR) is 97.3 cm³/mol. The largest absolute Gasteiger partial charge is 0.497 e. The van der Waals surface area contributed by atoms with Crippen molar-refractivity contribution in [1.29, 1.82) is 0 Å². The summed E-state index contributed by atoms with van der Waals surface area (Å²) in [5.74, 6) is 0.610. The fourth-order valence-corrected chi connectivity index (χ4v) is 2.89. The molecule has 1 atom stereocenters. The monoisotopic (exact) mass is 357 g/mol. The maximum Gasteiger partial charge on any atom is 0.249 e. The Morgan fingerprint density at radius 1 is 1.31 bits per heavy atom. The van der Waals surface area contributed by atoms with Crippen LogP contribution in [0.3, 0.4) is 0 Å². The third kappa shape index (κ3) is 3.56. The topological polar surface area (TPSA) is 84.7 Å². The van der Waals surface area contributed by atoms with Crippen LogP contribution in [0.25, 0.3) is 0 Å². The van der Waals surface area contributed by atoms with E-state index in [1.807, 2.05) is 20.8 Å². The van der Waals surface area contributed by atoms with Gasteiger partial charge in [0, 0.05) is 23.6 Å². The van der Waals surface area contributed by atoms with Crippen LogP contribution in [0.1, 0.15) is 39.3 Å². The fraction of sp³-hybridized carbons (Fsp3) is 0.421. The Balaban J connectivity index is 1.77. The van der Waals surface area contributed by atoms with Gasteiger partial charge in [-0.15, -0.1) is 0 Å². The lowest BCUT2D eigenvalue weighted by atomic mass is 9.92. The second kappa shape index (κ2) is 6.82. The first-order chi connectivity index (χ1) is 12.3. The SMILES string of the molecule is COc1ccc(N2C(=O)CC[C@H]2C(=O)Nc2cc(C(C)(C)C)no2)cc1. The van der Waals surface area contributed by atoms with Crippen molar-refractivity contribution in [2.24, 2.45) is 0 Å². The number of amides is 2. The van der Waals surface area contributed by atoms with E-state index in [1.165, 1.54) is 4.90 Å². The number of aromatic nitrogens is 1. The molecular weight excluding hydrogens is 334 g/mol. The molecule has 1 aliphatic rings. The number of rotatable bonds is 4. The van der Waals surface area contributed by atoms with E-state index < -0.39 is 6.04 Å². The van der Waals surface area contributed by atoms with E-state index in [0.717, 1.165) is 5.69 Å². The van der Waals surface area contributed by atoms with E-state index in [0.29, 0.717) is 24.3 Å². The van der Waals surface area contributed by atoms with Gasteiger partial charge in [-0.25, -0.2) is 0 Å². The highest BCUT2D eigenvalue weighted by atomic mass is 16.5. The summed E-state index contributed by atoms with van der Waals surface area (Å²) in [5, 5.41) is 6.73. The lowest BCUT2D eigenvalue weighted by Crippen LogP contribution is -2.41. The molecule has 0 aliphatic carbocycles. The molecule has 1 N–H and O–H groups in total. The van der Waals surface area contributed by atoms with Crippen molar-refractivity contribution in [3.05, 3.63) is 36.0 Å². The maximum atomic E-state index is 12.7. The Bertz CT molecular complexity index is 805. The normalized spacial score (nSPS) is 17.5. The molecule has 2 aromatic rings. The summed E-state index contributed by atoms with van der Waals surface area (Å²) < 4.78 is 10.4. The summed E-state index contributed by atoms with van der Waals surface area (Å²) in [5.41, 5.74) is 1.24. The summed E-state index contributed by atoms with van der Waals surface area (Å²) in [7, 11) is 1.58. The van der Waals surface area contributed by atoms with Gasteiger partial charge in [0.2, 0.25) is 17.7 Å². The summed E-state index contributed by atoms with van der Waals surface area (Å²) >= 11 is 0. The molecule has 0 saturated carbocycles. The Labute approximate surface area is 152 Å². The second-order valence-corrected chi connectivity index (χ2v) is 7.33. The van der Waals surface area contributed by atoms with Crippen molar-refractivity contribution >= 4 is 23.4 Å². The number of nitrogens with zero attached hydrogens (tertiary/aromatic N) is 2. The van der Waals surface area contributed by atoms with Crippen LogP contribution in [-0.2, 0) is 15.0 Å². The summed E-state index contributed by atoms with van der Waals surface area (Å²) in [6.07, 6.45) is 0.782. The molecule has 2 heterocycles. The smallest absolute Gasteiger partial charge is 0.249 e. The minimum absolute atomic E-state index is 0.0803. The molecule has 0 spiro atoms. The van der Waals surface area contributed by atoms with Gasteiger partial charge in [-0.2, -0.15) is 0 Å². The van der Waals surface area contributed by atoms with E-state index in [2.05, 4.69) is 10.5 Å². The first-order valence-corrected chi connectivity index (χ1v) is 8.54. The Hall–Kier alpha value is -2.83. The minimum Gasteiger partial charge on any atom is -0.497 e. The lowest BCUT2D eigenvalue weighted by Gasteiger charge is -2.23. The number of hydrogen-bond donors (Lipinski definition) is 1. The van der Waals surface area contributed by atoms with Gasteiger partial charge in [0.15, 0.2) is 0 Å². The molecule has 7 nitrogen and oxygen atoms in total. The van der Waals surface area contributed by atoms with Crippen LogP contribution in [0.15, 0.2) is 34.9 Å². The highest BCUT2D eigenvalue weighted by Gasteiger charge is 2.37. The van der Waals surface area contributed by atoms with Gasteiger partial charge in [-0.05, 0) is 30.7 Å². The molecule has 1 aliphatic heterocycles. The van der Waals surface area contributed by atoms with Gasteiger partial charge in [0.25, 0.3) is 0 Å². The van der Waals surface area contributed by atoms with Gasteiger partial charge in [0.1, 0.15) is 11.8 Å². The molecule has 1 aromatic heterocycles. The minimum atomic E-state index is -0.584. The highest BCUT2D eigenvalue weighted by Crippen LogP contribution is 2.29. The van der Waals surface area contributed by atoms with Crippen LogP contribution >= 0.6 is 0 Å². The van der Waals surface area contributed by atoms with Crippen LogP contribution < -0.4 is 15.0 Å². The molecule has 0 unspecified atom stereocenters. The Morgan fingerprint density at radius 2 is 2.00 bits per heavy atom. The third-order valence-corrected chi connectivity index (χ3v) is 4.39. The van der Waals surface area contributed by atoms with Crippen LogP contribution in [0.4, 0.5) is 11.6 Å². The average Bonchev–Trinajstić information content (AvgIpc) is 3.21. The van der Waals surface area contributed by atoms with Crippen molar-refractivity contribution in [3.63, 3.8) is 0 Å². The van der Waals surface area contributed by atoms with Crippen LogP contribution in [0, 0.1) is 0 Å². The summed E-state index contributed by atoms with van der Waals surface area (Å²) in [4.78, 5) is 26.5. The molecule has 3 rings (SSSR count). The van der Waals surface area contributed by atoms with Crippen molar-refractivity contribution in [3.8, 4) is 5.75 Å². The van der Waals surface area contributed by atoms with Crippen molar-refractivity contribution in [2.75, 3.05) is 17.3 Å². The van der Waals surface area contributed by atoms with Crippen LogP contribution in [-0.4, -0.2) is 30.1 Å². The van der Waals surface area contributed by atoms with Gasteiger partial charge in [0.05, 0.1) is 12.8 Å². The quantitative estimate of drug-likeness (QED) is 0.909. The maximum absolute atomic E-state index is 12.7. The zero-order chi connectivity index (χ0) is 18.9. The number of carbonyl (C=O) groups excluding carboxylic acids is 2. The molecular formula is C19H23N3O4. The summed E-state index contributed by atoms with van der Waals surface area (Å²) in [6.45, 7) is 6.03. The first-order valence-electron chi connectivity index (χ1n) is 8.54. The molecule has 0 radical (unpaired) electrons. The molecule has 26 heavy (non-hydrogen) atoms. The van der Waals surface area contributed by atoms with Crippen molar-refractivity contribution in [2.45, 2.75) is 45.1 Å². The number of benzene rings is 1. The molecule has 138 valence electrons. The van der Waals surface area contributed by atoms with E-state index >= 15 is 0 Å². The van der Waals surface area contributed by atoms with E-state index in [9.17, 15) is 9.59 Å². The van der Waals surface area contributed by atoms with Crippen molar-refractivity contribution in [1.82, 2.24) is 5.16 Å². The predicted octanol–water partition coefficient (Wildman–Crippen LogP) is 3.11. The van der Waals surface area contributed by atoms with Crippen LogP contribution in [0.2, 0.25) is 0 Å². The number of nitrogens with one attached hydrogen (secondary N) is 1. The summed E-state index contributed by atoms with van der Waals surface area (Å²) in [6, 6.07) is 8.21. The van der Waals surface area contributed by atoms with E-state index in [-0.39, 0.29) is 23.1 Å². The number of ether oxygens (including phenoxy) is 1. The first kappa shape index (κ1) is 18.0. The Kier molecular flexibility index (Phi) is 4.71.